The van der Waals surface area contributed by atoms with Crippen molar-refractivity contribution in [3.8, 4) is 0 Å². The molecule has 0 aliphatic heterocycles. The van der Waals surface area contributed by atoms with Gasteiger partial charge < -0.3 is 10.3 Å². The maximum Gasteiger partial charge on any atom is 0.0642 e. The standard InChI is InChI=1S/C17H16Cl2N2/c18-15-6-3-4-13(17(15)19)11-21-10-12(8-9-20)14-5-1-2-7-16(14)21/h1-7,10H,8-9,11,20H2. The van der Waals surface area contributed by atoms with E-state index in [-0.39, 0.29) is 0 Å². The molecule has 21 heavy (non-hydrogen) atoms. The van der Waals surface area contributed by atoms with Crippen molar-refractivity contribution in [2.24, 2.45) is 5.73 Å². The fourth-order valence-corrected chi connectivity index (χ4v) is 3.04. The van der Waals surface area contributed by atoms with Gasteiger partial charge in [-0.25, -0.2) is 0 Å². The van der Waals surface area contributed by atoms with E-state index < -0.39 is 0 Å². The second-order valence-electron chi connectivity index (χ2n) is 5.05. The molecule has 0 fully saturated rings. The van der Waals surface area contributed by atoms with E-state index >= 15 is 0 Å². The quantitative estimate of drug-likeness (QED) is 0.754. The van der Waals surface area contributed by atoms with Gasteiger partial charge in [0.15, 0.2) is 0 Å². The summed E-state index contributed by atoms with van der Waals surface area (Å²) in [6, 6.07) is 14.1. The van der Waals surface area contributed by atoms with Crippen molar-refractivity contribution < 1.29 is 0 Å². The molecule has 0 radical (unpaired) electrons. The minimum atomic E-state index is 0.591. The number of fused-ring (bicyclic) bond motifs is 1. The first kappa shape index (κ1) is 14.5. The lowest BCUT2D eigenvalue weighted by Gasteiger charge is -2.08. The van der Waals surface area contributed by atoms with Crippen LogP contribution in [0.2, 0.25) is 10.0 Å². The Bertz CT molecular complexity index is 778. The first-order valence-electron chi connectivity index (χ1n) is 6.90. The van der Waals surface area contributed by atoms with Crippen LogP contribution in [-0.2, 0) is 13.0 Å². The maximum absolute atomic E-state index is 6.30. The van der Waals surface area contributed by atoms with Crippen LogP contribution in [0.1, 0.15) is 11.1 Å². The minimum absolute atomic E-state index is 0.591. The van der Waals surface area contributed by atoms with E-state index in [0.717, 1.165) is 12.0 Å². The third kappa shape index (κ3) is 2.80. The summed E-state index contributed by atoms with van der Waals surface area (Å²) in [5, 5.41) is 2.46. The second-order valence-corrected chi connectivity index (χ2v) is 5.84. The van der Waals surface area contributed by atoms with Crippen LogP contribution in [0, 0.1) is 0 Å². The summed E-state index contributed by atoms with van der Waals surface area (Å²) in [4.78, 5) is 0. The Hall–Kier alpha value is -1.48. The number of benzene rings is 2. The molecule has 0 atom stereocenters. The molecule has 2 N–H and O–H groups in total. The molecular weight excluding hydrogens is 303 g/mol. The highest BCUT2D eigenvalue weighted by molar-refractivity contribution is 6.42. The van der Waals surface area contributed by atoms with Crippen molar-refractivity contribution in [3.63, 3.8) is 0 Å². The molecule has 1 heterocycles. The normalized spacial score (nSPS) is 11.2. The zero-order chi connectivity index (χ0) is 14.8. The SMILES string of the molecule is NCCc1cn(Cc2cccc(Cl)c2Cl)c2ccccc12. The molecule has 0 unspecified atom stereocenters. The zero-order valence-electron chi connectivity index (χ0n) is 11.5. The van der Waals surface area contributed by atoms with Gasteiger partial charge in [0.25, 0.3) is 0 Å². The highest BCUT2D eigenvalue weighted by atomic mass is 35.5. The molecule has 1 aromatic heterocycles. The van der Waals surface area contributed by atoms with Crippen LogP contribution in [0.3, 0.4) is 0 Å². The summed E-state index contributed by atoms with van der Waals surface area (Å²) >= 11 is 12.4. The molecule has 0 aliphatic carbocycles. The molecule has 4 heteroatoms. The van der Waals surface area contributed by atoms with E-state index in [1.807, 2.05) is 18.2 Å². The van der Waals surface area contributed by atoms with Gasteiger partial charge in [-0.05, 0) is 36.2 Å². The van der Waals surface area contributed by atoms with E-state index in [1.54, 1.807) is 6.07 Å². The minimum Gasteiger partial charge on any atom is -0.343 e. The molecule has 108 valence electrons. The van der Waals surface area contributed by atoms with Crippen LogP contribution in [0.4, 0.5) is 0 Å². The number of rotatable bonds is 4. The van der Waals surface area contributed by atoms with Crippen LogP contribution in [-0.4, -0.2) is 11.1 Å². The van der Waals surface area contributed by atoms with Gasteiger partial charge in [0.1, 0.15) is 0 Å². The number of aromatic nitrogens is 1. The average Bonchev–Trinajstić information content (AvgIpc) is 2.83. The van der Waals surface area contributed by atoms with E-state index in [2.05, 4.69) is 29.0 Å². The Morgan fingerprint density at radius 1 is 0.952 bits per heavy atom. The topological polar surface area (TPSA) is 30.9 Å². The maximum atomic E-state index is 6.30. The Morgan fingerprint density at radius 3 is 2.57 bits per heavy atom. The first-order valence-corrected chi connectivity index (χ1v) is 7.66. The molecule has 2 aromatic carbocycles. The molecular formula is C17H16Cl2N2. The lowest BCUT2D eigenvalue weighted by atomic mass is 10.1. The van der Waals surface area contributed by atoms with Crippen molar-refractivity contribution in [2.75, 3.05) is 6.54 Å². The third-order valence-corrected chi connectivity index (χ3v) is 4.52. The lowest BCUT2D eigenvalue weighted by Crippen LogP contribution is -2.02. The summed E-state index contributed by atoms with van der Waals surface area (Å²) in [5.74, 6) is 0. The highest BCUT2D eigenvalue weighted by Crippen LogP contribution is 2.28. The molecule has 3 rings (SSSR count). The van der Waals surface area contributed by atoms with Gasteiger partial charge in [0.05, 0.1) is 10.0 Å². The average molecular weight is 319 g/mol. The number of nitrogens with two attached hydrogens (primary N) is 1. The van der Waals surface area contributed by atoms with Crippen molar-refractivity contribution >= 4 is 34.1 Å². The van der Waals surface area contributed by atoms with Crippen molar-refractivity contribution in [1.82, 2.24) is 4.57 Å². The molecule has 0 saturated carbocycles. The van der Waals surface area contributed by atoms with Gasteiger partial charge in [0, 0.05) is 23.6 Å². The van der Waals surface area contributed by atoms with Crippen molar-refractivity contribution in [2.45, 2.75) is 13.0 Å². The first-order chi connectivity index (χ1) is 10.2. The van der Waals surface area contributed by atoms with Crippen LogP contribution in [0.25, 0.3) is 10.9 Å². The van der Waals surface area contributed by atoms with E-state index in [0.29, 0.717) is 23.1 Å². The molecule has 2 nitrogen and oxygen atoms in total. The van der Waals surface area contributed by atoms with Gasteiger partial charge in [0.2, 0.25) is 0 Å². The molecule has 3 aromatic rings. The van der Waals surface area contributed by atoms with Gasteiger partial charge in [-0.3, -0.25) is 0 Å². The van der Waals surface area contributed by atoms with Gasteiger partial charge in [-0.2, -0.15) is 0 Å². The summed E-state index contributed by atoms with van der Waals surface area (Å²) in [5.41, 5.74) is 9.19. The summed E-state index contributed by atoms with van der Waals surface area (Å²) in [6.45, 7) is 1.34. The fourth-order valence-electron chi connectivity index (χ4n) is 2.66. The Balaban J connectivity index is 2.06. The van der Waals surface area contributed by atoms with Crippen LogP contribution >= 0.6 is 23.2 Å². The second kappa shape index (κ2) is 6.10. The number of nitrogens with zero attached hydrogens (tertiary/aromatic N) is 1. The zero-order valence-corrected chi connectivity index (χ0v) is 13.0. The predicted molar refractivity (Wildman–Crippen MR) is 90.3 cm³/mol. The number of para-hydroxylation sites is 1. The van der Waals surface area contributed by atoms with Crippen LogP contribution < -0.4 is 5.73 Å². The number of hydrogen-bond acceptors (Lipinski definition) is 1. The van der Waals surface area contributed by atoms with Gasteiger partial charge in [-0.15, -0.1) is 0 Å². The van der Waals surface area contributed by atoms with E-state index in [9.17, 15) is 0 Å². The van der Waals surface area contributed by atoms with E-state index in [1.165, 1.54) is 16.5 Å². The van der Waals surface area contributed by atoms with Crippen molar-refractivity contribution in [3.05, 3.63) is 69.8 Å². The Morgan fingerprint density at radius 2 is 1.76 bits per heavy atom. The Kier molecular flexibility index (Phi) is 4.20. The van der Waals surface area contributed by atoms with Crippen molar-refractivity contribution in [1.29, 1.82) is 0 Å². The monoisotopic (exact) mass is 318 g/mol. The Labute approximate surface area is 134 Å². The largest absolute Gasteiger partial charge is 0.343 e. The van der Waals surface area contributed by atoms with Crippen LogP contribution in [0.15, 0.2) is 48.7 Å². The summed E-state index contributed by atoms with van der Waals surface area (Å²) < 4.78 is 2.21. The number of hydrogen-bond donors (Lipinski definition) is 1. The smallest absolute Gasteiger partial charge is 0.0642 e. The third-order valence-electron chi connectivity index (χ3n) is 3.66. The molecule has 0 amide bonds. The van der Waals surface area contributed by atoms with Gasteiger partial charge in [-0.1, -0.05) is 53.5 Å². The molecule has 0 saturated heterocycles. The van der Waals surface area contributed by atoms with Crippen LogP contribution in [0.5, 0.6) is 0 Å². The highest BCUT2D eigenvalue weighted by Gasteiger charge is 2.10. The fraction of sp³-hybridized carbons (Fsp3) is 0.176. The number of halogens is 2. The predicted octanol–water partition coefficient (Wildman–Crippen LogP) is 4.50. The summed E-state index contributed by atoms with van der Waals surface area (Å²) in [7, 11) is 0. The lowest BCUT2D eigenvalue weighted by molar-refractivity contribution is 0.827. The summed E-state index contributed by atoms with van der Waals surface area (Å²) in [6.07, 6.45) is 3.03. The molecule has 0 aliphatic rings. The molecule has 0 spiro atoms. The van der Waals surface area contributed by atoms with E-state index in [4.69, 9.17) is 28.9 Å². The molecule has 0 bridgehead atoms. The van der Waals surface area contributed by atoms with Gasteiger partial charge >= 0.3 is 0 Å².